The largest absolute Gasteiger partial charge is 0.391 e. The monoisotopic (exact) mass is 377 g/mol. The Hall–Kier alpha value is -1.08. The number of hydrogen-bond donors (Lipinski definition) is 1. The number of hydrogen-bond acceptors (Lipinski definition) is 3. The van der Waals surface area contributed by atoms with Crippen LogP contribution in [0.2, 0.25) is 0 Å². The van der Waals surface area contributed by atoms with Crippen LogP contribution in [0.1, 0.15) is 45.1 Å². The molecule has 0 spiro atoms. The minimum atomic E-state index is -4.13. The lowest BCUT2D eigenvalue weighted by molar-refractivity contribution is -0.182. The summed E-state index contributed by atoms with van der Waals surface area (Å²) < 4.78 is 62.9. The van der Waals surface area contributed by atoms with Gasteiger partial charge >= 0.3 is 6.18 Å². The van der Waals surface area contributed by atoms with Gasteiger partial charge in [0.05, 0.1) is 15.6 Å². The van der Waals surface area contributed by atoms with Gasteiger partial charge in [-0.15, -0.1) is 0 Å². The Kier molecular flexibility index (Phi) is 5.88. The first-order valence-corrected chi connectivity index (χ1v) is 10.0. The lowest BCUT2D eigenvalue weighted by Crippen LogP contribution is -2.47. The second kappa shape index (κ2) is 7.27. The van der Waals surface area contributed by atoms with Crippen molar-refractivity contribution in [2.24, 2.45) is 5.92 Å². The Morgan fingerprint density at radius 3 is 2.24 bits per heavy atom. The number of sulfone groups is 1. The molecule has 0 radical (unpaired) electrons. The summed E-state index contributed by atoms with van der Waals surface area (Å²) in [5.74, 6) is -1.23. The van der Waals surface area contributed by atoms with E-state index in [2.05, 4.69) is 5.32 Å². The van der Waals surface area contributed by atoms with Gasteiger partial charge in [-0.1, -0.05) is 12.1 Å². The number of rotatable bonds is 5. The Balaban J connectivity index is 1.98. The van der Waals surface area contributed by atoms with Crippen molar-refractivity contribution in [2.75, 3.05) is 6.54 Å². The molecule has 1 aliphatic rings. The zero-order valence-corrected chi connectivity index (χ0v) is 15.7. The minimum absolute atomic E-state index is 0.0643. The zero-order valence-electron chi connectivity index (χ0n) is 14.9. The van der Waals surface area contributed by atoms with Gasteiger partial charge in [-0.05, 0) is 64.2 Å². The molecule has 0 aromatic heterocycles. The highest BCUT2D eigenvalue weighted by Gasteiger charge is 2.42. The number of aryl methyl sites for hydroxylation is 1. The van der Waals surface area contributed by atoms with Crippen LogP contribution in [0.25, 0.3) is 0 Å². The van der Waals surface area contributed by atoms with E-state index in [1.165, 1.54) is 0 Å². The van der Waals surface area contributed by atoms with Crippen molar-refractivity contribution in [1.82, 2.24) is 5.32 Å². The molecule has 1 N–H and O–H groups in total. The van der Waals surface area contributed by atoms with Crippen molar-refractivity contribution in [3.8, 4) is 0 Å². The van der Waals surface area contributed by atoms with Crippen LogP contribution in [0.3, 0.4) is 0 Å². The molecular weight excluding hydrogens is 351 g/mol. The molecular formula is C18H26F3NO2S. The number of alkyl halides is 3. The molecule has 1 aromatic carbocycles. The Bertz CT molecular complexity index is 691. The quantitative estimate of drug-likeness (QED) is 0.834. The van der Waals surface area contributed by atoms with Crippen molar-refractivity contribution in [2.45, 2.75) is 68.3 Å². The average molecular weight is 377 g/mol. The smallest absolute Gasteiger partial charge is 0.312 e. The molecule has 0 bridgehead atoms. The summed E-state index contributed by atoms with van der Waals surface area (Å²) >= 11 is 0. The van der Waals surface area contributed by atoms with E-state index in [1.54, 1.807) is 32.0 Å². The maximum Gasteiger partial charge on any atom is 0.391 e. The molecule has 1 aliphatic carbocycles. The van der Waals surface area contributed by atoms with Crippen LogP contribution >= 0.6 is 0 Å². The normalized spacial score (nSPS) is 22.8. The van der Waals surface area contributed by atoms with Crippen molar-refractivity contribution < 1.29 is 21.6 Å². The second-order valence-corrected chi connectivity index (χ2v) is 10.1. The maximum atomic E-state index is 12.9. The van der Waals surface area contributed by atoms with Crippen molar-refractivity contribution >= 4 is 9.84 Å². The molecule has 0 atom stereocenters. The Morgan fingerprint density at radius 2 is 1.72 bits per heavy atom. The molecule has 0 heterocycles. The van der Waals surface area contributed by atoms with Gasteiger partial charge < -0.3 is 5.32 Å². The van der Waals surface area contributed by atoms with E-state index in [9.17, 15) is 21.6 Å². The fourth-order valence-corrected chi connectivity index (χ4v) is 4.72. The van der Waals surface area contributed by atoms with Gasteiger partial charge in [0, 0.05) is 12.6 Å². The standard InChI is InChI=1S/C18H26F3NO2S/c1-13-5-4-6-16(11-13)25(23,24)17(2,3)12-22-15-9-7-14(8-10-15)18(19,20)21/h4-6,11,14-15,22H,7-10,12H2,1-3H3. The molecule has 25 heavy (non-hydrogen) atoms. The van der Waals surface area contributed by atoms with Crippen molar-refractivity contribution in [3.63, 3.8) is 0 Å². The van der Waals surface area contributed by atoms with Gasteiger partial charge in [-0.2, -0.15) is 13.2 Å². The first-order valence-electron chi connectivity index (χ1n) is 8.55. The topological polar surface area (TPSA) is 46.2 Å². The van der Waals surface area contributed by atoms with Gasteiger partial charge in [0.2, 0.25) is 0 Å². The molecule has 0 saturated heterocycles. The second-order valence-electron chi connectivity index (χ2n) is 7.55. The predicted octanol–water partition coefficient (Wildman–Crippen LogP) is 4.26. The van der Waals surface area contributed by atoms with Crippen LogP contribution in [0, 0.1) is 12.8 Å². The first kappa shape index (κ1) is 20.2. The van der Waals surface area contributed by atoms with E-state index in [0.717, 1.165) is 5.56 Å². The highest BCUT2D eigenvalue weighted by Crippen LogP contribution is 2.37. The van der Waals surface area contributed by atoms with E-state index in [-0.39, 0.29) is 30.3 Å². The molecule has 0 amide bonds. The van der Waals surface area contributed by atoms with Crippen molar-refractivity contribution in [3.05, 3.63) is 29.8 Å². The van der Waals surface area contributed by atoms with E-state index in [0.29, 0.717) is 12.8 Å². The molecule has 7 heteroatoms. The van der Waals surface area contributed by atoms with Gasteiger partial charge in [-0.3, -0.25) is 0 Å². The lowest BCUT2D eigenvalue weighted by Gasteiger charge is -2.33. The van der Waals surface area contributed by atoms with Crippen LogP contribution in [0.4, 0.5) is 13.2 Å². The molecule has 2 rings (SSSR count). The highest BCUT2D eigenvalue weighted by molar-refractivity contribution is 7.92. The third-order valence-electron chi connectivity index (χ3n) is 5.03. The predicted molar refractivity (Wildman–Crippen MR) is 92.2 cm³/mol. The van der Waals surface area contributed by atoms with Gasteiger partial charge in [0.25, 0.3) is 0 Å². The number of nitrogens with one attached hydrogen (secondary N) is 1. The fourth-order valence-electron chi connectivity index (χ4n) is 3.21. The van der Waals surface area contributed by atoms with Gasteiger partial charge in [0.15, 0.2) is 9.84 Å². The SMILES string of the molecule is Cc1cccc(S(=O)(=O)C(C)(C)CNC2CCC(C(F)(F)F)CC2)c1. The maximum absolute atomic E-state index is 12.9. The Morgan fingerprint density at radius 1 is 1.12 bits per heavy atom. The third kappa shape index (κ3) is 4.76. The third-order valence-corrected chi connectivity index (χ3v) is 7.51. The molecule has 1 aromatic rings. The molecule has 0 unspecified atom stereocenters. The number of halogens is 3. The molecule has 0 aliphatic heterocycles. The average Bonchev–Trinajstić information content (AvgIpc) is 2.52. The molecule has 1 saturated carbocycles. The molecule has 3 nitrogen and oxygen atoms in total. The van der Waals surface area contributed by atoms with Gasteiger partial charge in [0.1, 0.15) is 0 Å². The van der Waals surface area contributed by atoms with E-state index in [4.69, 9.17) is 0 Å². The van der Waals surface area contributed by atoms with Gasteiger partial charge in [-0.25, -0.2) is 8.42 Å². The summed E-state index contributed by atoms with van der Waals surface area (Å²) in [6, 6.07) is 6.71. The summed E-state index contributed by atoms with van der Waals surface area (Å²) in [5.41, 5.74) is 0.871. The molecule has 142 valence electrons. The lowest BCUT2D eigenvalue weighted by atomic mass is 9.85. The van der Waals surface area contributed by atoms with E-state index in [1.807, 2.05) is 13.0 Å². The van der Waals surface area contributed by atoms with E-state index >= 15 is 0 Å². The first-order chi connectivity index (χ1) is 11.4. The van der Waals surface area contributed by atoms with Crippen LogP contribution < -0.4 is 5.32 Å². The molecule has 1 fully saturated rings. The van der Waals surface area contributed by atoms with Crippen LogP contribution in [-0.4, -0.2) is 31.9 Å². The zero-order chi connectivity index (χ0) is 18.9. The fraction of sp³-hybridized carbons (Fsp3) is 0.667. The number of benzene rings is 1. The summed E-state index contributed by atoms with van der Waals surface area (Å²) in [6.07, 6.45) is -3.08. The summed E-state index contributed by atoms with van der Waals surface area (Å²) in [5, 5.41) is 3.18. The highest BCUT2D eigenvalue weighted by atomic mass is 32.2. The van der Waals surface area contributed by atoms with Crippen LogP contribution in [0.15, 0.2) is 29.2 Å². The summed E-state index contributed by atoms with van der Waals surface area (Å²) in [7, 11) is -3.54. The summed E-state index contributed by atoms with van der Waals surface area (Å²) in [4.78, 5) is 0.278. The van der Waals surface area contributed by atoms with Crippen molar-refractivity contribution in [1.29, 1.82) is 0 Å². The Labute approximate surface area is 147 Å². The summed E-state index contributed by atoms with van der Waals surface area (Å²) in [6.45, 7) is 5.35. The minimum Gasteiger partial charge on any atom is -0.312 e. The van der Waals surface area contributed by atoms with Crippen LogP contribution in [0.5, 0.6) is 0 Å². The van der Waals surface area contributed by atoms with E-state index < -0.39 is 26.7 Å². The van der Waals surface area contributed by atoms with Crippen LogP contribution in [-0.2, 0) is 9.84 Å².